The molecule has 36 heavy (non-hydrogen) atoms. The molecule has 4 nitrogen and oxygen atoms in total. The van der Waals surface area contributed by atoms with E-state index >= 15 is 0 Å². The van der Waals surface area contributed by atoms with Crippen molar-refractivity contribution in [1.82, 2.24) is 10.6 Å². The Balaban J connectivity index is 1.56. The number of benzene rings is 1. The fraction of sp³-hybridized carbons (Fsp3) is 0.750. The number of hydrogen-bond donors (Lipinski definition) is 2. The molecule has 0 saturated heterocycles. The van der Waals surface area contributed by atoms with E-state index in [0.717, 1.165) is 44.1 Å². The van der Waals surface area contributed by atoms with Gasteiger partial charge in [0.15, 0.2) is 0 Å². The van der Waals surface area contributed by atoms with Gasteiger partial charge >= 0.3 is 0 Å². The summed E-state index contributed by atoms with van der Waals surface area (Å²) in [5.41, 5.74) is 1.08. The lowest BCUT2D eigenvalue weighted by atomic mass is 9.88. The number of carbonyl (C=O) groups is 2. The van der Waals surface area contributed by atoms with Crippen molar-refractivity contribution >= 4 is 11.8 Å². The van der Waals surface area contributed by atoms with Gasteiger partial charge in [-0.15, -0.1) is 0 Å². The Morgan fingerprint density at radius 2 is 1.28 bits per heavy atom. The van der Waals surface area contributed by atoms with Crippen LogP contribution in [-0.4, -0.2) is 24.4 Å². The summed E-state index contributed by atoms with van der Waals surface area (Å²) >= 11 is 0. The second-order valence-corrected chi connectivity index (χ2v) is 11.0. The van der Waals surface area contributed by atoms with E-state index in [4.69, 9.17) is 0 Å². The van der Waals surface area contributed by atoms with Crippen LogP contribution in [0.1, 0.15) is 134 Å². The third-order valence-corrected chi connectivity index (χ3v) is 7.72. The maximum atomic E-state index is 13.0. The smallest absolute Gasteiger partial charge is 0.242 e. The van der Waals surface area contributed by atoms with Gasteiger partial charge in [0.2, 0.25) is 11.8 Å². The Morgan fingerprint density at radius 3 is 1.83 bits per heavy atom. The number of carbonyl (C=O) groups excluding carboxylic acids is 2. The molecule has 0 radical (unpaired) electrons. The lowest BCUT2D eigenvalue weighted by molar-refractivity contribution is -0.131. The lowest BCUT2D eigenvalue weighted by Gasteiger charge is -2.24. The van der Waals surface area contributed by atoms with E-state index < -0.39 is 6.04 Å². The third-order valence-electron chi connectivity index (χ3n) is 7.72. The highest BCUT2D eigenvalue weighted by molar-refractivity contribution is 5.88. The minimum Gasteiger partial charge on any atom is -0.354 e. The van der Waals surface area contributed by atoms with E-state index in [1.165, 1.54) is 83.5 Å². The van der Waals surface area contributed by atoms with Crippen molar-refractivity contribution in [3.63, 3.8) is 0 Å². The zero-order chi connectivity index (χ0) is 25.7. The Bertz CT molecular complexity index is 685. The van der Waals surface area contributed by atoms with Crippen LogP contribution in [0.2, 0.25) is 0 Å². The topological polar surface area (TPSA) is 58.2 Å². The summed E-state index contributed by atoms with van der Waals surface area (Å²) in [4.78, 5) is 25.8. The first-order chi connectivity index (χ1) is 17.7. The molecule has 1 unspecified atom stereocenters. The highest BCUT2D eigenvalue weighted by atomic mass is 16.2. The summed E-state index contributed by atoms with van der Waals surface area (Å²) in [6.07, 6.45) is 24.5. The minimum atomic E-state index is -0.492. The van der Waals surface area contributed by atoms with Crippen molar-refractivity contribution in [1.29, 1.82) is 0 Å². The van der Waals surface area contributed by atoms with Crippen LogP contribution in [0, 0.1) is 5.92 Å². The molecule has 1 aliphatic rings. The highest BCUT2D eigenvalue weighted by Gasteiger charge is 2.26. The molecule has 0 heterocycles. The third kappa shape index (κ3) is 14.0. The van der Waals surface area contributed by atoms with Gasteiger partial charge in [-0.1, -0.05) is 140 Å². The van der Waals surface area contributed by atoms with E-state index in [-0.39, 0.29) is 17.7 Å². The summed E-state index contributed by atoms with van der Waals surface area (Å²) < 4.78 is 0. The SMILES string of the molecule is CCCCCCCCCCCCCCCCNC(=O)C(Cc1ccccc1)NC(=O)C1CCCCC1. The standard InChI is InChI=1S/C32H54N2O2/c1-2-3-4-5-6-7-8-9-10-11-12-13-14-21-26-33-32(36)30(27-28-22-17-15-18-23-28)34-31(35)29-24-19-16-20-25-29/h15,17-18,22-23,29-30H,2-14,16,19-21,24-27H2,1H3,(H,33,36)(H,34,35). The number of nitrogens with one attached hydrogen (secondary N) is 2. The fourth-order valence-electron chi connectivity index (χ4n) is 5.37. The van der Waals surface area contributed by atoms with E-state index in [1.54, 1.807) is 0 Å². The Labute approximate surface area is 221 Å². The molecule has 0 bridgehead atoms. The molecule has 1 fully saturated rings. The summed E-state index contributed by atoms with van der Waals surface area (Å²) in [5.74, 6) is 0.0793. The molecule has 2 amide bonds. The molecule has 1 aliphatic carbocycles. The molecule has 0 aliphatic heterocycles. The second kappa shape index (κ2) is 20.2. The molecule has 204 valence electrons. The van der Waals surface area contributed by atoms with Crippen LogP contribution in [-0.2, 0) is 16.0 Å². The maximum absolute atomic E-state index is 13.0. The normalized spacial score (nSPS) is 14.9. The molecule has 0 spiro atoms. The second-order valence-electron chi connectivity index (χ2n) is 11.0. The number of hydrogen-bond acceptors (Lipinski definition) is 2. The van der Waals surface area contributed by atoms with Gasteiger partial charge in [-0.2, -0.15) is 0 Å². The zero-order valence-electron chi connectivity index (χ0n) is 23.2. The first kappa shape index (κ1) is 30.4. The predicted octanol–water partition coefficient (Wildman–Crippen LogP) is 7.89. The highest BCUT2D eigenvalue weighted by Crippen LogP contribution is 2.24. The summed E-state index contributed by atoms with van der Waals surface area (Å²) in [6.45, 7) is 2.97. The average Bonchev–Trinajstić information content (AvgIpc) is 2.91. The van der Waals surface area contributed by atoms with Crippen LogP contribution in [0.5, 0.6) is 0 Å². The van der Waals surface area contributed by atoms with Gasteiger partial charge in [-0.3, -0.25) is 9.59 Å². The molecule has 4 heteroatoms. The Kier molecular flexibility index (Phi) is 17.1. The zero-order valence-corrected chi connectivity index (χ0v) is 23.2. The van der Waals surface area contributed by atoms with Crippen molar-refractivity contribution in [3.05, 3.63) is 35.9 Å². The van der Waals surface area contributed by atoms with Gasteiger partial charge in [0.25, 0.3) is 0 Å². The first-order valence-corrected chi connectivity index (χ1v) is 15.3. The van der Waals surface area contributed by atoms with Crippen LogP contribution < -0.4 is 10.6 Å². The van der Waals surface area contributed by atoms with Gasteiger partial charge in [-0.25, -0.2) is 0 Å². The Morgan fingerprint density at radius 1 is 0.750 bits per heavy atom. The molecular weight excluding hydrogens is 444 g/mol. The van der Waals surface area contributed by atoms with E-state index in [9.17, 15) is 9.59 Å². The van der Waals surface area contributed by atoms with Crippen LogP contribution in [0.4, 0.5) is 0 Å². The molecule has 2 N–H and O–H groups in total. The summed E-state index contributed by atoms with van der Waals surface area (Å²) in [6, 6.07) is 9.52. The Hall–Kier alpha value is -1.84. The van der Waals surface area contributed by atoms with E-state index in [2.05, 4.69) is 17.6 Å². The molecule has 1 atom stereocenters. The van der Waals surface area contributed by atoms with Crippen LogP contribution in [0.3, 0.4) is 0 Å². The van der Waals surface area contributed by atoms with Gasteiger partial charge < -0.3 is 10.6 Å². The van der Waals surface area contributed by atoms with Crippen molar-refractivity contribution in [2.75, 3.05) is 6.54 Å². The number of unbranched alkanes of at least 4 members (excludes halogenated alkanes) is 13. The van der Waals surface area contributed by atoms with Crippen LogP contribution >= 0.6 is 0 Å². The van der Waals surface area contributed by atoms with Crippen molar-refractivity contribution < 1.29 is 9.59 Å². The largest absolute Gasteiger partial charge is 0.354 e. The van der Waals surface area contributed by atoms with Gasteiger partial charge in [0, 0.05) is 18.9 Å². The van der Waals surface area contributed by atoms with Crippen LogP contribution in [0.25, 0.3) is 0 Å². The molecule has 2 rings (SSSR count). The number of rotatable bonds is 20. The quantitative estimate of drug-likeness (QED) is 0.180. The van der Waals surface area contributed by atoms with E-state index in [0.29, 0.717) is 13.0 Å². The number of amides is 2. The van der Waals surface area contributed by atoms with Crippen molar-refractivity contribution in [2.45, 2.75) is 141 Å². The molecule has 0 aromatic heterocycles. The van der Waals surface area contributed by atoms with Gasteiger partial charge in [0.1, 0.15) is 6.04 Å². The monoisotopic (exact) mass is 498 g/mol. The predicted molar refractivity (Wildman–Crippen MR) is 152 cm³/mol. The van der Waals surface area contributed by atoms with Gasteiger partial charge in [-0.05, 0) is 24.8 Å². The average molecular weight is 499 g/mol. The van der Waals surface area contributed by atoms with E-state index in [1.807, 2.05) is 30.3 Å². The van der Waals surface area contributed by atoms with Crippen LogP contribution in [0.15, 0.2) is 30.3 Å². The summed E-state index contributed by atoms with van der Waals surface area (Å²) in [7, 11) is 0. The molecule has 1 saturated carbocycles. The van der Waals surface area contributed by atoms with Crippen molar-refractivity contribution in [3.8, 4) is 0 Å². The first-order valence-electron chi connectivity index (χ1n) is 15.3. The van der Waals surface area contributed by atoms with Gasteiger partial charge in [0.05, 0.1) is 0 Å². The fourth-order valence-corrected chi connectivity index (χ4v) is 5.37. The molecule has 1 aromatic rings. The lowest BCUT2D eigenvalue weighted by Crippen LogP contribution is -2.50. The molecular formula is C32H54N2O2. The summed E-state index contributed by atoms with van der Waals surface area (Å²) in [5, 5.41) is 6.19. The molecule has 1 aromatic carbocycles. The maximum Gasteiger partial charge on any atom is 0.242 e. The minimum absolute atomic E-state index is 0.0438. The van der Waals surface area contributed by atoms with Crippen molar-refractivity contribution in [2.24, 2.45) is 5.92 Å².